The molecule has 2 aliphatic heterocycles. The van der Waals surface area contributed by atoms with Crippen LogP contribution in [-0.4, -0.2) is 56.7 Å². The number of fused-ring (bicyclic) bond motifs is 6. The zero-order valence-corrected chi connectivity index (χ0v) is 53.4. The standard InChI is InChI=1S/C53H10Br8Cl2F8N4O8/c54-26-18-19(27(55)31(59)30(26)58)47(77)16(46(18)76)14-3-1-10-42(72-14)12(62)6-8(44(10)74-50(80)22-23(51(74)81)35(65)39(69)38(68)34(22)64)5-9-7-13(63)43-11(45(9)75-52(82)24-25(53(75)83)37(67)41(71)40(70)36(24)66)2-4-15(73-43)17-48(78)20-21(49(17)79)29(57)33(61)32(60)28(20)56/h1-4,6-7,16-17H,5H2. The molecule has 30 heteroatoms. The molecule has 8 aromatic rings. The van der Waals surface area contributed by atoms with Crippen LogP contribution in [0.5, 0.6) is 0 Å². The molecular formula is C53H10Br8Cl2F8N4O8. The number of nitrogens with zero attached hydrogens (tertiary/aromatic N) is 4. The van der Waals surface area contributed by atoms with Gasteiger partial charge in [0.2, 0.25) is 0 Å². The Morgan fingerprint density at radius 1 is 0.373 bits per heavy atom. The Balaban J connectivity index is 1.09. The van der Waals surface area contributed by atoms with Gasteiger partial charge in [-0.25, -0.2) is 54.9 Å². The van der Waals surface area contributed by atoms with E-state index in [1.165, 1.54) is 0 Å². The molecule has 2 aliphatic carbocycles. The van der Waals surface area contributed by atoms with Crippen molar-refractivity contribution in [1.82, 2.24) is 9.97 Å². The SMILES string of the molecule is O=C1c2c(Br)c(Br)c(Br)c(Br)c2C(=O)C1c1ccc2c(N3C(=O)c4c(F)c(F)c(F)c(F)c4C3=O)c(Cc3cc(Cl)c4nc(C5C(=O)c6c(Br)c(Br)c(Br)c(Br)c6C5=O)ccc4c3N3C(=O)c4c(F)c(F)c(F)c(F)c4C3=O)cc(Cl)c2n1. The van der Waals surface area contributed by atoms with Crippen LogP contribution in [0.15, 0.2) is 72.2 Å². The maximum atomic E-state index is 15.7. The first-order chi connectivity index (χ1) is 39.1. The molecule has 4 aliphatic rings. The largest absolute Gasteiger partial charge is 0.293 e. The van der Waals surface area contributed by atoms with E-state index in [1.54, 1.807) is 0 Å². The van der Waals surface area contributed by atoms with Crippen molar-refractivity contribution in [2.24, 2.45) is 0 Å². The molecule has 6 aromatic carbocycles. The lowest BCUT2D eigenvalue weighted by molar-refractivity contribution is 0.0871. The van der Waals surface area contributed by atoms with Gasteiger partial charge < -0.3 is 0 Å². The highest BCUT2D eigenvalue weighted by Gasteiger charge is 2.51. The van der Waals surface area contributed by atoms with E-state index < -0.39 is 188 Å². The number of imide groups is 2. The van der Waals surface area contributed by atoms with Crippen molar-refractivity contribution in [3.63, 3.8) is 0 Å². The average molecular weight is 1690 g/mol. The second-order valence-electron chi connectivity index (χ2n) is 18.4. The highest BCUT2D eigenvalue weighted by atomic mass is 79.9. The fraction of sp³-hybridized carbons (Fsp3) is 0.0566. The first kappa shape index (κ1) is 58.3. The van der Waals surface area contributed by atoms with Crippen molar-refractivity contribution < 1.29 is 73.5 Å². The number of hydrogen-bond donors (Lipinski definition) is 0. The van der Waals surface area contributed by atoms with Crippen LogP contribution in [0.2, 0.25) is 10.0 Å². The molecule has 4 amide bonds. The number of rotatable bonds is 6. The van der Waals surface area contributed by atoms with Crippen LogP contribution >= 0.6 is 151 Å². The molecule has 12 rings (SSSR count). The van der Waals surface area contributed by atoms with Gasteiger partial charge in [-0.2, -0.15) is 0 Å². The van der Waals surface area contributed by atoms with Gasteiger partial charge in [0.15, 0.2) is 69.7 Å². The summed E-state index contributed by atoms with van der Waals surface area (Å²) in [4.78, 5) is 124. The third kappa shape index (κ3) is 7.97. The van der Waals surface area contributed by atoms with Crippen LogP contribution in [0.25, 0.3) is 21.8 Å². The minimum absolute atomic E-state index is 0.0648. The van der Waals surface area contributed by atoms with Crippen LogP contribution in [0.4, 0.5) is 46.5 Å². The van der Waals surface area contributed by atoms with E-state index in [-0.39, 0.29) is 61.3 Å². The number of benzene rings is 6. The topological polar surface area (TPSA) is 169 Å². The highest BCUT2D eigenvalue weighted by molar-refractivity contribution is 9.15. The van der Waals surface area contributed by atoms with Crippen LogP contribution in [-0.2, 0) is 6.42 Å². The summed E-state index contributed by atoms with van der Waals surface area (Å²) in [6, 6.07) is 6.29. The summed E-state index contributed by atoms with van der Waals surface area (Å²) in [6.45, 7) is 0. The zero-order valence-electron chi connectivity index (χ0n) is 39.2. The van der Waals surface area contributed by atoms with Crippen molar-refractivity contribution >= 4 is 231 Å². The number of halogens is 18. The van der Waals surface area contributed by atoms with E-state index >= 15 is 17.6 Å². The second-order valence-corrected chi connectivity index (χ2v) is 25.6. The van der Waals surface area contributed by atoms with Crippen LogP contribution in [0.1, 0.15) is 117 Å². The number of Topliss-reactive ketones (excluding diaryl/α,β-unsaturated/α-hetero) is 4. The molecule has 416 valence electrons. The highest BCUT2D eigenvalue weighted by Crippen LogP contribution is 2.52. The number of carbonyl (C=O) groups excluding carboxylic acids is 8. The third-order valence-corrected chi connectivity index (χ3v) is 24.3. The average Bonchev–Trinajstić information content (AvgIpc) is 2.28. The molecule has 2 aromatic heterocycles. The van der Waals surface area contributed by atoms with Gasteiger partial charge in [-0.05, 0) is 175 Å². The first-order valence-electron chi connectivity index (χ1n) is 22.7. The minimum atomic E-state index is -2.48. The van der Waals surface area contributed by atoms with Crippen molar-refractivity contribution in [2.45, 2.75) is 18.3 Å². The lowest BCUT2D eigenvalue weighted by atomic mass is 9.93. The molecule has 0 unspecified atom stereocenters. The Morgan fingerprint density at radius 2 is 0.627 bits per heavy atom. The Hall–Kier alpha value is -5.04. The van der Waals surface area contributed by atoms with E-state index in [1.807, 2.05) is 0 Å². The van der Waals surface area contributed by atoms with Crippen LogP contribution < -0.4 is 9.80 Å². The zero-order chi connectivity index (χ0) is 60.1. The normalized spacial score (nSPS) is 15.2. The summed E-state index contributed by atoms with van der Waals surface area (Å²) in [6.07, 6.45) is -0.927. The molecule has 0 spiro atoms. The molecule has 0 radical (unpaired) electrons. The monoisotopic (exact) mass is 1680 g/mol. The molecule has 0 N–H and O–H groups in total. The number of aromatic nitrogens is 2. The Labute approximate surface area is 532 Å². The van der Waals surface area contributed by atoms with Crippen molar-refractivity contribution in [3.05, 3.63) is 196 Å². The van der Waals surface area contributed by atoms with Gasteiger partial charge in [0, 0.05) is 75.2 Å². The molecule has 12 nitrogen and oxygen atoms in total. The summed E-state index contributed by atoms with van der Waals surface area (Å²) < 4.78 is 125. The fourth-order valence-corrected chi connectivity index (χ4v) is 16.2. The van der Waals surface area contributed by atoms with Crippen molar-refractivity contribution in [1.29, 1.82) is 0 Å². The predicted molar refractivity (Wildman–Crippen MR) is 308 cm³/mol. The van der Waals surface area contributed by atoms with Gasteiger partial charge in [0.25, 0.3) is 23.6 Å². The van der Waals surface area contributed by atoms with Gasteiger partial charge in [0.1, 0.15) is 11.8 Å². The van der Waals surface area contributed by atoms with Crippen LogP contribution in [0.3, 0.4) is 0 Å². The molecule has 0 saturated carbocycles. The number of pyridine rings is 2. The Bertz CT molecular complexity index is 4230. The van der Waals surface area contributed by atoms with E-state index in [0.717, 1.165) is 36.4 Å². The molecular weight excluding hydrogens is 1680 g/mol. The van der Waals surface area contributed by atoms with E-state index in [0.29, 0.717) is 17.9 Å². The lowest BCUT2D eigenvalue weighted by Gasteiger charge is -2.25. The van der Waals surface area contributed by atoms with Crippen molar-refractivity contribution in [3.8, 4) is 0 Å². The summed E-state index contributed by atoms with van der Waals surface area (Å²) in [5, 5.41) is -1.74. The number of amides is 4. The maximum absolute atomic E-state index is 15.7. The first-order valence-corrected chi connectivity index (χ1v) is 29.8. The molecule has 0 atom stereocenters. The molecule has 4 heterocycles. The van der Waals surface area contributed by atoms with Gasteiger partial charge >= 0.3 is 0 Å². The van der Waals surface area contributed by atoms with E-state index in [4.69, 9.17) is 23.2 Å². The second kappa shape index (κ2) is 20.3. The summed E-state index contributed by atoms with van der Waals surface area (Å²) >= 11 is 40.7. The number of carbonyl (C=O) groups is 8. The number of hydrogen-bond acceptors (Lipinski definition) is 10. The van der Waals surface area contributed by atoms with Crippen LogP contribution in [0, 0.1) is 46.5 Å². The van der Waals surface area contributed by atoms with E-state index in [9.17, 15) is 55.9 Å². The maximum Gasteiger partial charge on any atom is 0.269 e. The lowest BCUT2D eigenvalue weighted by Crippen LogP contribution is -2.32. The number of ketones is 4. The third-order valence-electron chi connectivity index (χ3n) is 14.2. The minimum Gasteiger partial charge on any atom is -0.293 e. The Morgan fingerprint density at radius 3 is 0.880 bits per heavy atom. The summed E-state index contributed by atoms with van der Waals surface area (Å²) in [7, 11) is 0. The van der Waals surface area contributed by atoms with E-state index in [2.05, 4.69) is 137 Å². The predicted octanol–water partition coefficient (Wildman–Crippen LogP) is 16.8. The van der Waals surface area contributed by atoms with Gasteiger partial charge in [-0.1, -0.05) is 23.2 Å². The van der Waals surface area contributed by atoms with Crippen molar-refractivity contribution in [2.75, 3.05) is 9.80 Å². The molecule has 0 bridgehead atoms. The fourth-order valence-electron chi connectivity index (χ4n) is 10.6. The molecule has 0 fully saturated rings. The number of anilines is 2. The van der Waals surface area contributed by atoms with Gasteiger partial charge in [-0.3, -0.25) is 38.4 Å². The smallest absolute Gasteiger partial charge is 0.269 e. The quantitative estimate of drug-likeness (QED) is 0.0513. The molecule has 83 heavy (non-hydrogen) atoms. The summed E-state index contributed by atoms with van der Waals surface area (Å²) in [5.74, 6) is -32.7. The van der Waals surface area contributed by atoms with Gasteiger partial charge in [-0.15, -0.1) is 0 Å². The Kier molecular flexibility index (Phi) is 14.3. The van der Waals surface area contributed by atoms with Gasteiger partial charge in [0.05, 0.1) is 66.1 Å². The molecule has 0 saturated heterocycles. The summed E-state index contributed by atoms with van der Waals surface area (Å²) in [5.41, 5.74) is -10.4.